The summed E-state index contributed by atoms with van der Waals surface area (Å²) in [5.74, 6) is 12.8. The zero-order valence-corrected chi connectivity index (χ0v) is 15.3. The lowest BCUT2D eigenvalue weighted by Gasteiger charge is -1.94. The maximum atomic E-state index is 4.59. The highest BCUT2D eigenvalue weighted by molar-refractivity contribution is 7.78. The van der Waals surface area contributed by atoms with Crippen molar-refractivity contribution in [3.05, 3.63) is 65.2 Å². The first kappa shape index (κ1) is 18.7. The van der Waals surface area contributed by atoms with Crippen LogP contribution in [0.4, 0.5) is 5.69 Å². The first-order valence-electron chi connectivity index (χ1n) is 8.60. The van der Waals surface area contributed by atoms with Gasteiger partial charge in [0.1, 0.15) is 0 Å². The molecule has 1 nitrogen and oxygen atoms in total. The molecule has 2 rings (SSSR count). The zero-order valence-electron chi connectivity index (χ0n) is 14.5. The normalized spacial score (nSPS) is 9.16. The average Bonchev–Trinajstić information content (AvgIpc) is 2.65. The van der Waals surface area contributed by atoms with E-state index in [2.05, 4.69) is 53.0 Å². The summed E-state index contributed by atoms with van der Waals surface area (Å²) in [4.78, 5) is 3.92. The van der Waals surface area contributed by atoms with Crippen LogP contribution in [-0.2, 0) is 0 Å². The highest BCUT2D eigenvalue weighted by atomic mass is 32.1. The fourth-order valence-corrected chi connectivity index (χ4v) is 2.36. The van der Waals surface area contributed by atoms with E-state index < -0.39 is 0 Å². The van der Waals surface area contributed by atoms with Crippen molar-refractivity contribution in [2.75, 3.05) is 0 Å². The van der Waals surface area contributed by atoms with Gasteiger partial charge in [0.15, 0.2) is 0 Å². The minimum absolute atomic E-state index is 0.790. The third-order valence-corrected chi connectivity index (χ3v) is 3.76. The second-order valence-corrected chi connectivity index (χ2v) is 5.87. The summed E-state index contributed by atoms with van der Waals surface area (Å²) in [6.07, 6.45) is 6.01. The summed E-state index contributed by atoms with van der Waals surface area (Å²) in [6, 6.07) is 15.7. The van der Waals surface area contributed by atoms with E-state index in [0.717, 1.165) is 28.8 Å². The molecular formula is C23H21NS. The summed E-state index contributed by atoms with van der Waals surface area (Å²) >= 11 is 4.59. The molecule has 0 aliphatic carbocycles. The number of unbranched alkanes of at least 4 members (excludes halogenated alkanes) is 4. The minimum Gasteiger partial charge on any atom is -0.195 e. The molecule has 0 radical (unpaired) electrons. The lowest BCUT2D eigenvalue weighted by Crippen LogP contribution is -1.79. The Balaban J connectivity index is 1.92. The summed E-state index contributed by atoms with van der Waals surface area (Å²) in [6.45, 7) is 2.22. The van der Waals surface area contributed by atoms with Crippen LogP contribution >= 0.6 is 12.2 Å². The van der Waals surface area contributed by atoms with Crippen molar-refractivity contribution >= 4 is 23.1 Å². The van der Waals surface area contributed by atoms with E-state index >= 15 is 0 Å². The van der Waals surface area contributed by atoms with Crippen molar-refractivity contribution in [1.82, 2.24) is 0 Å². The molecule has 25 heavy (non-hydrogen) atoms. The Kier molecular flexibility index (Phi) is 8.23. The monoisotopic (exact) mass is 343 g/mol. The molecule has 2 aromatic carbocycles. The van der Waals surface area contributed by atoms with Crippen LogP contribution in [-0.4, -0.2) is 5.16 Å². The number of nitrogens with zero attached hydrogens (tertiary/aromatic N) is 1. The molecule has 0 saturated heterocycles. The molecule has 0 fully saturated rings. The number of hydrogen-bond donors (Lipinski definition) is 0. The van der Waals surface area contributed by atoms with Crippen molar-refractivity contribution in [2.24, 2.45) is 4.99 Å². The third-order valence-electron chi connectivity index (χ3n) is 3.67. The molecular weight excluding hydrogens is 322 g/mol. The van der Waals surface area contributed by atoms with Gasteiger partial charge in [-0.1, -0.05) is 49.9 Å². The van der Waals surface area contributed by atoms with Crippen LogP contribution in [0.5, 0.6) is 0 Å². The Morgan fingerprint density at radius 1 is 0.760 bits per heavy atom. The molecule has 0 saturated carbocycles. The van der Waals surface area contributed by atoms with Gasteiger partial charge in [-0.05, 0) is 67.2 Å². The SMILES string of the molecule is CCCCCCC#Cc1ccc(C#Cc2ccc(N=C=S)cc2)cc1. The van der Waals surface area contributed by atoms with Crippen molar-refractivity contribution in [3.8, 4) is 23.7 Å². The van der Waals surface area contributed by atoms with Gasteiger partial charge in [-0.15, -0.1) is 0 Å². The number of thiocarbonyl (C=S) groups is 1. The fraction of sp³-hybridized carbons (Fsp3) is 0.261. The van der Waals surface area contributed by atoms with Gasteiger partial charge in [-0.3, -0.25) is 0 Å². The van der Waals surface area contributed by atoms with E-state index in [1.54, 1.807) is 0 Å². The van der Waals surface area contributed by atoms with Crippen molar-refractivity contribution in [3.63, 3.8) is 0 Å². The lowest BCUT2D eigenvalue weighted by molar-refractivity contribution is 0.679. The molecule has 0 amide bonds. The minimum atomic E-state index is 0.790. The van der Waals surface area contributed by atoms with Gasteiger partial charge < -0.3 is 0 Å². The van der Waals surface area contributed by atoms with Crippen LogP contribution < -0.4 is 0 Å². The lowest BCUT2D eigenvalue weighted by atomic mass is 10.1. The van der Waals surface area contributed by atoms with E-state index in [1.807, 2.05) is 48.5 Å². The highest BCUT2D eigenvalue weighted by Gasteiger charge is 1.91. The van der Waals surface area contributed by atoms with Crippen LogP contribution in [0.25, 0.3) is 0 Å². The number of isothiocyanates is 1. The number of benzene rings is 2. The molecule has 0 aliphatic heterocycles. The van der Waals surface area contributed by atoms with E-state index in [9.17, 15) is 0 Å². The van der Waals surface area contributed by atoms with Crippen LogP contribution in [0.15, 0.2) is 53.5 Å². The molecule has 2 aromatic rings. The number of rotatable bonds is 5. The molecule has 0 aromatic heterocycles. The Morgan fingerprint density at radius 2 is 1.32 bits per heavy atom. The van der Waals surface area contributed by atoms with Gasteiger partial charge in [-0.2, -0.15) is 4.99 Å². The molecule has 0 heterocycles. The van der Waals surface area contributed by atoms with Crippen molar-refractivity contribution in [1.29, 1.82) is 0 Å². The second-order valence-electron chi connectivity index (χ2n) is 5.69. The third kappa shape index (κ3) is 7.19. The standard InChI is InChI=1S/C23H21NS/c1-2-3-4-5-6-7-8-20-9-11-21(12-10-20)13-14-22-15-17-23(18-16-22)24-19-25/h9-12,15-18H,2-6H2,1H3. The van der Waals surface area contributed by atoms with Gasteiger partial charge in [-0.25, -0.2) is 0 Å². The molecule has 0 atom stereocenters. The number of hydrogen-bond acceptors (Lipinski definition) is 2. The maximum Gasteiger partial charge on any atom is 0.0740 e. The van der Waals surface area contributed by atoms with Gasteiger partial charge in [0.05, 0.1) is 10.8 Å². The molecule has 2 heteroatoms. The first-order chi connectivity index (χ1) is 12.3. The Labute approximate surface area is 156 Å². The van der Waals surface area contributed by atoms with Crippen LogP contribution in [0.3, 0.4) is 0 Å². The summed E-state index contributed by atoms with van der Waals surface area (Å²) < 4.78 is 0. The van der Waals surface area contributed by atoms with Crippen molar-refractivity contribution < 1.29 is 0 Å². The predicted octanol–water partition coefficient (Wildman–Crippen LogP) is 6.14. The Bertz CT molecular complexity index is 833. The summed E-state index contributed by atoms with van der Waals surface area (Å²) in [5.41, 5.74) is 3.76. The smallest absolute Gasteiger partial charge is 0.0740 e. The molecule has 0 spiro atoms. The van der Waals surface area contributed by atoms with Crippen LogP contribution in [0.2, 0.25) is 0 Å². The molecule has 0 aliphatic rings. The van der Waals surface area contributed by atoms with E-state index in [-0.39, 0.29) is 0 Å². The molecule has 0 bridgehead atoms. The quantitative estimate of drug-likeness (QED) is 0.275. The highest BCUT2D eigenvalue weighted by Crippen LogP contribution is 2.11. The van der Waals surface area contributed by atoms with Crippen molar-refractivity contribution in [2.45, 2.75) is 39.0 Å². The van der Waals surface area contributed by atoms with Gasteiger partial charge in [0, 0.05) is 23.1 Å². The van der Waals surface area contributed by atoms with Gasteiger partial charge >= 0.3 is 0 Å². The fourth-order valence-electron chi connectivity index (χ4n) is 2.26. The predicted molar refractivity (Wildman–Crippen MR) is 109 cm³/mol. The second kappa shape index (κ2) is 11.0. The van der Waals surface area contributed by atoms with E-state index in [0.29, 0.717) is 0 Å². The summed E-state index contributed by atoms with van der Waals surface area (Å²) in [5, 5.41) is 2.35. The Morgan fingerprint density at radius 3 is 1.88 bits per heavy atom. The maximum absolute atomic E-state index is 4.59. The van der Waals surface area contributed by atoms with Crippen LogP contribution in [0.1, 0.15) is 55.7 Å². The molecule has 0 unspecified atom stereocenters. The molecule has 124 valence electrons. The first-order valence-corrected chi connectivity index (χ1v) is 9.01. The van der Waals surface area contributed by atoms with E-state index in [4.69, 9.17) is 0 Å². The van der Waals surface area contributed by atoms with Gasteiger partial charge in [0.25, 0.3) is 0 Å². The van der Waals surface area contributed by atoms with E-state index in [1.165, 1.54) is 25.7 Å². The zero-order chi connectivity index (χ0) is 17.7. The Hall–Kier alpha value is -2.64. The topological polar surface area (TPSA) is 12.4 Å². The summed E-state index contributed by atoms with van der Waals surface area (Å²) in [7, 11) is 0. The molecule has 0 N–H and O–H groups in total. The van der Waals surface area contributed by atoms with Gasteiger partial charge in [0.2, 0.25) is 0 Å². The van der Waals surface area contributed by atoms with Crippen LogP contribution in [0, 0.1) is 23.7 Å². The number of aliphatic imine (C=N–C) groups is 1. The average molecular weight is 343 g/mol. The largest absolute Gasteiger partial charge is 0.195 e.